The molecule has 2 atom stereocenters. The molecule has 7 heteroatoms. The number of carboxylic acids is 1. The molecule has 1 fully saturated rings. The Bertz CT molecular complexity index is 771. The Labute approximate surface area is 163 Å². The van der Waals surface area contributed by atoms with Crippen molar-refractivity contribution < 1.29 is 19.5 Å². The average molecular weight is 390 g/mol. The van der Waals surface area contributed by atoms with E-state index in [-0.39, 0.29) is 23.3 Å². The van der Waals surface area contributed by atoms with Crippen LogP contribution >= 0.6 is 11.6 Å². The van der Waals surface area contributed by atoms with Crippen LogP contribution in [-0.2, 0) is 9.59 Å². The minimum absolute atomic E-state index is 0.105. The minimum Gasteiger partial charge on any atom is -0.550 e. The molecule has 2 amide bonds. The third-order valence-electron chi connectivity index (χ3n) is 5.18. The highest BCUT2D eigenvalue weighted by Crippen LogP contribution is 2.28. The molecular formula is C20H22ClN2O4-. The van der Waals surface area contributed by atoms with Gasteiger partial charge in [0, 0.05) is 30.7 Å². The highest BCUT2D eigenvalue weighted by molar-refractivity contribution is 6.34. The van der Waals surface area contributed by atoms with Crippen LogP contribution in [0.2, 0.25) is 5.02 Å². The van der Waals surface area contributed by atoms with Gasteiger partial charge < -0.3 is 20.1 Å². The fourth-order valence-electron chi connectivity index (χ4n) is 3.63. The predicted octanol–water partition coefficient (Wildman–Crippen LogP) is 2.24. The molecule has 1 heterocycles. The molecule has 0 saturated carbocycles. The summed E-state index contributed by atoms with van der Waals surface area (Å²) in [6.45, 7) is 1.46. The van der Waals surface area contributed by atoms with Crippen LogP contribution in [0.1, 0.15) is 42.5 Å². The van der Waals surface area contributed by atoms with Gasteiger partial charge in [0.1, 0.15) is 0 Å². The van der Waals surface area contributed by atoms with Crippen LogP contribution in [0.4, 0.5) is 5.69 Å². The van der Waals surface area contributed by atoms with E-state index in [1.165, 1.54) is 6.07 Å². The second-order valence-electron chi connectivity index (χ2n) is 7.01. The van der Waals surface area contributed by atoms with E-state index >= 15 is 0 Å². The monoisotopic (exact) mass is 389 g/mol. The lowest BCUT2D eigenvalue weighted by molar-refractivity contribution is -0.313. The summed E-state index contributed by atoms with van der Waals surface area (Å²) in [5, 5.41) is 14.2. The number of hydrogen-bond acceptors (Lipinski definition) is 4. The van der Waals surface area contributed by atoms with E-state index in [0.29, 0.717) is 17.7 Å². The maximum absolute atomic E-state index is 12.6. The summed E-state index contributed by atoms with van der Waals surface area (Å²) in [4.78, 5) is 38.1. The number of hydrogen-bond donors (Lipinski definition) is 1. The van der Waals surface area contributed by atoms with Crippen LogP contribution in [0, 0.1) is 11.8 Å². The molecule has 1 aliphatic carbocycles. The van der Waals surface area contributed by atoms with E-state index in [0.717, 1.165) is 32.4 Å². The van der Waals surface area contributed by atoms with Crippen molar-refractivity contribution in [1.82, 2.24) is 4.90 Å². The molecule has 6 nitrogen and oxygen atoms in total. The van der Waals surface area contributed by atoms with Gasteiger partial charge in [-0.15, -0.1) is 0 Å². The molecule has 3 rings (SSSR count). The van der Waals surface area contributed by atoms with Gasteiger partial charge in [0.2, 0.25) is 5.91 Å². The molecule has 2 aliphatic rings. The number of carboxylic acid groups (broad SMARTS) is 1. The number of likely N-dealkylation sites (tertiary alicyclic amines) is 1. The number of aliphatic carboxylic acids is 1. The Balaban J connectivity index is 1.70. The Morgan fingerprint density at radius 2 is 1.70 bits per heavy atom. The minimum atomic E-state index is -1.22. The molecule has 1 N–H and O–H groups in total. The third kappa shape index (κ3) is 4.50. The number of piperidine rings is 1. The Hall–Kier alpha value is -2.34. The van der Waals surface area contributed by atoms with Crippen LogP contribution < -0.4 is 10.4 Å². The number of carbonyl (C=O) groups is 3. The number of amides is 2. The summed E-state index contributed by atoms with van der Waals surface area (Å²) in [5.74, 6) is -3.24. The molecule has 0 aromatic heterocycles. The highest BCUT2D eigenvalue weighted by Gasteiger charge is 2.30. The van der Waals surface area contributed by atoms with Crippen molar-refractivity contribution in [2.24, 2.45) is 11.8 Å². The standard InChI is InChI=1S/C20H23ClN2O4/c21-17-12-13(8-9-16(17)19(25)23-10-4-1-5-11-23)22-18(24)14-6-2-3-7-15(14)20(26)27/h2-3,8-9,12,14-15H,1,4-7,10-11H2,(H,22,24)(H,26,27)/p-1/t14-,15-/m1/s1. The zero-order valence-corrected chi connectivity index (χ0v) is 15.7. The number of rotatable bonds is 4. The molecule has 0 bridgehead atoms. The molecule has 27 heavy (non-hydrogen) atoms. The molecule has 0 spiro atoms. The quantitative estimate of drug-likeness (QED) is 0.799. The number of halogens is 1. The summed E-state index contributed by atoms with van der Waals surface area (Å²) in [5.41, 5.74) is 0.844. The number of allylic oxidation sites excluding steroid dienone is 2. The topological polar surface area (TPSA) is 89.5 Å². The third-order valence-corrected chi connectivity index (χ3v) is 5.49. The molecule has 1 aromatic carbocycles. The number of benzene rings is 1. The maximum atomic E-state index is 12.6. The van der Waals surface area contributed by atoms with Crippen molar-refractivity contribution in [2.45, 2.75) is 32.1 Å². The first-order valence-corrected chi connectivity index (χ1v) is 9.60. The number of anilines is 1. The van der Waals surface area contributed by atoms with E-state index in [2.05, 4.69) is 5.32 Å². The molecule has 1 aromatic rings. The number of nitrogens with one attached hydrogen (secondary N) is 1. The Kier molecular flexibility index (Phi) is 6.16. The lowest BCUT2D eigenvalue weighted by atomic mass is 9.82. The normalized spacial score (nSPS) is 22.3. The average Bonchev–Trinajstić information content (AvgIpc) is 2.68. The van der Waals surface area contributed by atoms with Gasteiger partial charge in [0.15, 0.2) is 0 Å². The van der Waals surface area contributed by atoms with Crippen molar-refractivity contribution in [2.75, 3.05) is 18.4 Å². The van der Waals surface area contributed by atoms with Gasteiger partial charge in [-0.25, -0.2) is 0 Å². The summed E-state index contributed by atoms with van der Waals surface area (Å²) < 4.78 is 0. The molecule has 1 saturated heterocycles. The first-order chi connectivity index (χ1) is 13.0. The van der Waals surface area contributed by atoms with Crippen molar-refractivity contribution in [3.8, 4) is 0 Å². The lowest BCUT2D eigenvalue weighted by Crippen LogP contribution is -2.41. The number of carbonyl (C=O) groups excluding carboxylic acids is 3. The van der Waals surface area contributed by atoms with Gasteiger partial charge in [-0.2, -0.15) is 0 Å². The molecule has 0 unspecified atom stereocenters. The van der Waals surface area contributed by atoms with E-state index in [1.54, 1.807) is 29.2 Å². The second-order valence-corrected chi connectivity index (χ2v) is 7.42. The van der Waals surface area contributed by atoms with Crippen LogP contribution in [0.25, 0.3) is 0 Å². The highest BCUT2D eigenvalue weighted by atomic mass is 35.5. The number of nitrogens with zero attached hydrogens (tertiary/aromatic N) is 1. The molecule has 144 valence electrons. The first-order valence-electron chi connectivity index (χ1n) is 9.23. The van der Waals surface area contributed by atoms with Gasteiger partial charge in [0.25, 0.3) is 5.91 Å². The van der Waals surface area contributed by atoms with Crippen LogP contribution in [-0.4, -0.2) is 35.8 Å². The van der Waals surface area contributed by atoms with Crippen LogP contribution in [0.15, 0.2) is 30.4 Å². The Morgan fingerprint density at radius 1 is 1.04 bits per heavy atom. The zero-order valence-electron chi connectivity index (χ0n) is 14.9. The fraction of sp³-hybridized carbons (Fsp3) is 0.450. The first kappa shape index (κ1) is 19.4. The van der Waals surface area contributed by atoms with Crippen molar-refractivity contribution >= 4 is 35.1 Å². The van der Waals surface area contributed by atoms with Crippen LogP contribution in [0.3, 0.4) is 0 Å². The largest absolute Gasteiger partial charge is 0.550 e. The van der Waals surface area contributed by atoms with Gasteiger partial charge in [-0.1, -0.05) is 23.8 Å². The van der Waals surface area contributed by atoms with Gasteiger partial charge in [0.05, 0.1) is 16.5 Å². The van der Waals surface area contributed by atoms with E-state index < -0.39 is 17.8 Å². The van der Waals surface area contributed by atoms with E-state index in [4.69, 9.17) is 11.6 Å². The van der Waals surface area contributed by atoms with Gasteiger partial charge in [-0.05, 0) is 50.3 Å². The van der Waals surface area contributed by atoms with E-state index in [1.807, 2.05) is 0 Å². The molecular weight excluding hydrogens is 368 g/mol. The SMILES string of the molecule is O=C([O-])[C@@H]1CC=CC[C@H]1C(=O)Nc1ccc(C(=O)N2CCCCC2)c(Cl)c1. The van der Waals surface area contributed by atoms with Crippen LogP contribution in [0.5, 0.6) is 0 Å². The zero-order chi connectivity index (χ0) is 19.4. The van der Waals surface area contributed by atoms with Gasteiger partial charge >= 0.3 is 0 Å². The fourth-order valence-corrected chi connectivity index (χ4v) is 3.89. The second kappa shape index (κ2) is 8.57. The lowest BCUT2D eigenvalue weighted by Gasteiger charge is -2.28. The maximum Gasteiger partial charge on any atom is 0.255 e. The molecule has 1 aliphatic heterocycles. The summed E-state index contributed by atoms with van der Waals surface area (Å²) >= 11 is 6.28. The van der Waals surface area contributed by atoms with Crippen molar-refractivity contribution in [3.05, 3.63) is 40.9 Å². The summed E-state index contributed by atoms with van der Waals surface area (Å²) in [6, 6.07) is 4.75. The predicted molar refractivity (Wildman–Crippen MR) is 100 cm³/mol. The smallest absolute Gasteiger partial charge is 0.255 e. The summed E-state index contributed by atoms with van der Waals surface area (Å²) in [7, 11) is 0. The van der Waals surface area contributed by atoms with Crippen molar-refractivity contribution in [3.63, 3.8) is 0 Å². The van der Waals surface area contributed by atoms with E-state index in [9.17, 15) is 19.5 Å². The summed E-state index contributed by atoms with van der Waals surface area (Å²) in [6.07, 6.45) is 7.30. The van der Waals surface area contributed by atoms with Gasteiger partial charge in [-0.3, -0.25) is 9.59 Å². The Morgan fingerprint density at radius 3 is 2.33 bits per heavy atom. The van der Waals surface area contributed by atoms with Crippen molar-refractivity contribution in [1.29, 1.82) is 0 Å². The molecule has 0 radical (unpaired) electrons.